The lowest BCUT2D eigenvalue weighted by Gasteiger charge is -2.41. The Bertz CT molecular complexity index is 487. The normalized spacial score (nSPS) is 27.1. The molecule has 120 valence electrons. The highest BCUT2D eigenvalue weighted by Gasteiger charge is 2.36. The molecule has 1 heterocycles. The van der Waals surface area contributed by atoms with E-state index in [9.17, 15) is 0 Å². The Morgan fingerprint density at radius 3 is 2.43 bits per heavy atom. The van der Waals surface area contributed by atoms with Crippen molar-refractivity contribution in [1.29, 1.82) is 0 Å². The van der Waals surface area contributed by atoms with Gasteiger partial charge in [-0.3, -0.25) is 4.68 Å². The second-order valence-electron chi connectivity index (χ2n) is 7.81. The van der Waals surface area contributed by atoms with Crippen molar-refractivity contribution in [2.45, 2.75) is 53.4 Å². The van der Waals surface area contributed by atoms with E-state index in [1.807, 2.05) is 7.05 Å². The Balaban J connectivity index is 2.18. The Morgan fingerprint density at radius 1 is 1.29 bits per heavy atom. The minimum atomic E-state index is 0.381. The molecule has 0 aliphatic heterocycles. The number of halogens is 1. The van der Waals surface area contributed by atoms with Gasteiger partial charge >= 0.3 is 0 Å². The monoisotopic (exact) mass is 311 g/mol. The number of rotatable bonds is 3. The summed E-state index contributed by atoms with van der Waals surface area (Å²) in [4.78, 5) is 0. The van der Waals surface area contributed by atoms with E-state index in [1.165, 1.54) is 24.8 Å². The van der Waals surface area contributed by atoms with Crippen LogP contribution >= 0.6 is 11.6 Å². The predicted octanol–water partition coefficient (Wildman–Crippen LogP) is 3.96. The molecule has 1 aromatic rings. The molecule has 0 radical (unpaired) electrons. The highest BCUT2D eigenvalue weighted by atomic mass is 35.5. The summed E-state index contributed by atoms with van der Waals surface area (Å²) in [6, 6.07) is 0. The number of hydrogen-bond donors (Lipinski definition) is 1. The summed E-state index contributed by atoms with van der Waals surface area (Å²) in [5, 5.41) is 5.24. The van der Waals surface area contributed by atoms with E-state index < -0.39 is 0 Å². The van der Waals surface area contributed by atoms with Crippen LogP contribution in [0.4, 0.5) is 0 Å². The van der Waals surface area contributed by atoms with Crippen molar-refractivity contribution in [1.82, 2.24) is 9.78 Å². The lowest BCUT2D eigenvalue weighted by molar-refractivity contribution is 0.101. The molecule has 4 heteroatoms. The number of nitrogens with zero attached hydrogens (tertiary/aromatic N) is 2. The van der Waals surface area contributed by atoms with E-state index in [-0.39, 0.29) is 0 Å². The van der Waals surface area contributed by atoms with Crippen LogP contribution in [0.2, 0.25) is 5.15 Å². The van der Waals surface area contributed by atoms with Gasteiger partial charge in [-0.25, -0.2) is 0 Å². The van der Waals surface area contributed by atoms with Crippen LogP contribution in [0.15, 0.2) is 0 Å². The summed E-state index contributed by atoms with van der Waals surface area (Å²) < 4.78 is 1.79. The van der Waals surface area contributed by atoms with E-state index in [2.05, 4.69) is 32.8 Å². The number of hydrogen-bond acceptors (Lipinski definition) is 2. The molecule has 3 nitrogen and oxygen atoms in total. The molecule has 0 spiro atoms. The zero-order valence-electron chi connectivity index (χ0n) is 14.1. The van der Waals surface area contributed by atoms with Gasteiger partial charge < -0.3 is 5.73 Å². The molecule has 1 aromatic heterocycles. The van der Waals surface area contributed by atoms with E-state index in [4.69, 9.17) is 17.3 Å². The van der Waals surface area contributed by atoms with Crippen LogP contribution < -0.4 is 5.73 Å². The third-order valence-electron chi connectivity index (χ3n) is 5.40. The van der Waals surface area contributed by atoms with Gasteiger partial charge in [-0.15, -0.1) is 0 Å². The van der Waals surface area contributed by atoms with Gasteiger partial charge in [-0.2, -0.15) is 5.10 Å². The van der Waals surface area contributed by atoms with Gasteiger partial charge in [0, 0.05) is 12.6 Å². The van der Waals surface area contributed by atoms with Gasteiger partial charge in [-0.1, -0.05) is 32.4 Å². The molecule has 0 bridgehead atoms. The minimum absolute atomic E-state index is 0.381. The van der Waals surface area contributed by atoms with Crippen molar-refractivity contribution in [3.05, 3.63) is 16.4 Å². The molecular formula is C17H30ClN3. The van der Waals surface area contributed by atoms with Crippen molar-refractivity contribution in [2.24, 2.45) is 36.0 Å². The average Bonchev–Trinajstić information content (AvgIpc) is 2.64. The fourth-order valence-electron chi connectivity index (χ4n) is 3.84. The summed E-state index contributed by atoms with van der Waals surface area (Å²) >= 11 is 6.42. The van der Waals surface area contributed by atoms with Gasteiger partial charge in [0.05, 0.1) is 5.69 Å². The molecular weight excluding hydrogens is 282 g/mol. The molecule has 21 heavy (non-hydrogen) atoms. The molecule has 1 aliphatic rings. The Hall–Kier alpha value is -0.540. The van der Waals surface area contributed by atoms with Crippen LogP contribution in [-0.2, 0) is 13.5 Å². The van der Waals surface area contributed by atoms with Crippen LogP contribution in [0.1, 0.15) is 51.3 Å². The second-order valence-corrected chi connectivity index (χ2v) is 8.17. The van der Waals surface area contributed by atoms with Crippen molar-refractivity contribution in [2.75, 3.05) is 6.54 Å². The van der Waals surface area contributed by atoms with Gasteiger partial charge in [0.2, 0.25) is 0 Å². The van der Waals surface area contributed by atoms with Gasteiger partial charge in [-0.05, 0) is 62.3 Å². The topological polar surface area (TPSA) is 43.8 Å². The lowest BCUT2D eigenvalue weighted by atomic mass is 9.64. The smallest absolute Gasteiger partial charge is 0.130 e. The largest absolute Gasteiger partial charge is 0.330 e. The van der Waals surface area contributed by atoms with Crippen molar-refractivity contribution < 1.29 is 0 Å². The van der Waals surface area contributed by atoms with E-state index >= 15 is 0 Å². The van der Waals surface area contributed by atoms with Crippen LogP contribution in [0.25, 0.3) is 0 Å². The molecule has 1 saturated carbocycles. The summed E-state index contributed by atoms with van der Waals surface area (Å²) in [6.07, 6.45) is 4.84. The summed E-state index contributed by atoms with van der Waals surface area (Å²) in [6.45, 7) is 9.93. The van der Waals surface area contributed by atoms with Gasteiger partial charge in [0.25, 0.3) is 0 Å². The molecule has 0 saturated heterocycles. The molecule has 1 fully saturated rings. The van der Waals surface area contributed by atoms with Gasteiger partial charge in [0.1, 0.15) is 5.15 Å². The molecule has 2 N–H and O–H groups in total. The molecule has 0 aromatic carbocycles. The number of aromatic nitrogens is 2. The van der Waals surface area contributed by atoms with Crippen LogP contribution in [0, 0.1) is 30.1 Å². The zero-order valence-corrected chi connectivity index (χ0v) is 14.9. The fourth-order valence-corrected chi connectivity index (χ4v) is 4.09. The first-order valence-electron chi connectivity index (χ1n) is 8.12. The molecule has 1 aliphatic carbocycles. The Labute approximate surface area is 134 Å². The fraction of sp³-hybridized carbons (Fsp3) is 0.824. The second kappa shape index (κ2) is 6.29. The minimum Gasteiger partial charge on any atom is -0.330 e. The summed E-state index contributed by atoms with van der Waals surface area (Å²) in [5.74, 6) is 2.04. The zero-order chi connectivity index (χ0) is 15.8. The van der Waals surface area contributed by atoms with Crippen molar-refractivity contribution in [3.63, 3.8) is 0 Å². The third-order valence-corrected chi connectivity index (χ3v) is 5.88. The predicted molar refractivity (Wildman–Crippen MR) is 89.5 cm³/mol. The standard InChI is InChI=1S/C17H30ClN3/c1-11-15(16(18)21(5)20-11)9-13-8-14(17(2,3)4)7-6-12(13)10-19/h12-14H,6-10,19H2,1-5H3. The Morgan fingerprint density at radius 2 is 1.95 bits per heavy atom. The summed E-state index contributed by atoms with van der Waals surface area (Å²) in [5.41, 5.74) is 8.70. The highest BCUT2D eigenvalue weighted by molar-refractivity contribution is 6.30. The van der Waals surface area contributed by atoms with E-state index in [0.717, 1.165) is 29.7 Å². The van der Waals surface area contributed by atoms with E-state index in [1.54, 1.807) is 4.68 Å². The quantitative estimate of drug-likeness (QED) is 0.918. The first-order chi connectivity index (χ1) is 9.74. The maximum absolute atomic E-state index is 6.42. The van der Waals surface area contributed by atoms with Crippen LogP contribution in [0.3, 0.4) is 0 Å². The number of nitrogens with two attached hydrogens (primary N) is 1. The summed E-state index contributed by atoms with van der Waals surface area (Å²) in [7, 11) is 1.91. The maximum Gasteiger partial charge on any atom is 0.130 e. The first-order valence-corrected chi connectivity index (χ1v) is 8.49. The average molecular weight is 312 g/mol. The van der Waals surface area contributed by atoms with Gasteiger partial charge in [0.15, 0.2) is 0 Å². The third kappa shape index (κ3) is 3.62. The van der Waals surface area contributed by atoms with Crippen molar-refractivity contribution >= 4 is 11.6 Å². The molecule has 2 rings (SSSR count). The maximum atomic E-state index is 6.42. The molecule has 3 unspecified atom stereocenters. The molecule has 0 amide bonds. The first kappa shape index (κ1) is 16.8. The Kier molecular flexibility index (Phi) is 5.04. The highest BCUT2D eigenvalue weighted by Crippen LogP contribution is 2.44. The van der Waals surface area contributed by atoms with Crippen LogP contribution in [0.5, 0.6) is 0 Å². The van der Waals surface area contributed by atoms with E-state index in [0.29, 0.717) is 17.3 Å². The van der Waals surface area contributed by atoms with Crippen LogP contribution in [-0.4, -0.2) is 16.3 Å². The lowest BCUT2D eigenvalue weighted by Crippen LogP contribution is -2.36. The molecule has 3 atom stereocenters. The number of aryl methyl sites for hydroxylation is 2. The van der Waals surface area contributed by atoms with Crippen molar-refractivity contribution in [3.8, 4) is 0 Å². The SMILES string of the molecule is Cc1nn(C)c(Cl)c1CC1CC(C(C)(C)C)CCC1CN.